The highest BCUT2D eigenvalue weighted by atomic mass is 32.2. The minimum absolute atomic E-state index is 0.0494. The summed E-state index contributed by atoms with van der Waals surface area (Å²) in [6, 6.07) is 0. The highest BCUT2D eigenvalue weighted by molar-refractivity contribution is 7.93. The first-order valence-corrected chi connectivity index (χ1v) is 7.19. The number of nitrogens with one attached hydrogen (secondary N) is 1. The molecule has 1 saturated heterocycles. The van der Waals surface area contributed by atoms with E-state index in [0.29, 0.717) is 19.6 Å². The summed E-state index contributed by atoms with van der Waals surface area (Å²) in [4.78, 5) is -0.0494. The molecule has 1 aliphatic heterocycles. The highest BCUT2D eigenvalue weighted by Gasteiger charge is 2.37. The van der Waals surface area contributed by atoms with Gasteiger partial charge in [-0.3, -0.25) is 0 Å². The van der Waals surface area contributed by atoms with E-state index >= 15 is 0 Å². The molecule has 0 aromatic heterocycles. The van der Waals surface area contributed by atoms with E-state index in [1.165, 1.54) is 6.92 Å². The van der Waals surface area contributed by atoms with Crippen molar-refractivity contribution >= 4 is 27.2 Å². The molecule has 1 aliphatic rings. The van der Waals surface area contributed by atoms with Gasteiger partial charge in [0.15, 0.2) is 0 Å². The first-order chi connectivity index (χ1) is 7.83. The first-order valence-electron chi connectivity index (χ1n) is 5.24. The lowest BCUT2D eigenvalue weighted by molar-refractivity contribution is -0.0120. The first kappa shape index (κ1) is 14.8. The van der Waals surface area contributed by atoms with Crippen molar-refractivity contribution in [3.05, 3.63) is 0 Å². The van der Waals surface area contributed by atoms with Crippen LogP contribution in [0.25, 0.3) is 0 Å². The number of rotatable bonds is 6. The van der Waals surface area contributed by atoms with Crippen LogP contribution in [0.2, 0.25) is 0 Å². The zero-order valence-corrected chi connectivity index (χ0v) is 11.6. The van der Waals surface area contributed by atoms with Crippen LogP contribution in [0.5, 0.6) is 0 Å². The van der Waals surface area contributed by atoms with Crippen LogP contribution in [0.3, 0.4) is 0 Å². The van der Waals surface area contributed by atoms with Crippen LogP contribution in [0.1, 0.15) is 13.3 Å². The number of methoxy groups -OCH3 is 1. The molecule has 1 fully saturated rings. The molecular formula is C9H18N2O4S2. The molecule has 17 heavy (non-hydrogen) atoms. The van der Waals surface area contributed by atoms with Gasteiger partial charge in [0.2, 0.25) is 10.0 Å². The maximum Gasteiger partial charge on any atom is 0.220 e. The van der Waals surface area contributed by atoms with Gasteiger partial charge in [-0.1, -0.05) is 12.2 Å². The number of ether oxygens (including phenoxy) is 2. The Morgan fingerprint density at radius 2 is 2.35 bits per heavy atom. The summed E-state index contributed by atoms with van der Waals surface area (Å²) in [5.74, 6) is 0. The Labute approximate surface area is 107 Å². The summed E-state index contributed by atoms with van der Waals surface area (Å²) >= 11 is 4.67. The third-order valence-electron chi connectivity index (χ3n) is 2.96. The Bertz CT molecular complexity index is 376. The third kappa shape index (κ3) is 3.59. The van der Waals surface area contributed by atoms with Gasteiger partial charge >= 0.3 is 0 Å². The van der Waals surface area contributed by atoms with Gasteiger partial charge in [-0.05, 0) is 6.92 Å². The lowest BCUT2D eigenvalue weighted by Gasteiger charge is -2.26. The molecule has 0 bridgehead atoms. The van der Waals surface area contributed by atoms with Crippen molar-refractivity contribution in [3.8, 4) is 0 Å². The molecule has 1 heterocycles. The monoisotopic (exact) mass is 282 g/mol. The minimum Gasteiger partial charge on any atom is -0.392 e. The summed E-state index contributed by atoms with van der Waals surface area (Å²) in [7, 11) is -2.01. The van der Waals surface area contributed by atoms with E-state index in [1.54, 1.807) is 7.11 Å². The molecule has 0 aromatic rings. The van der Waals surface area contributed by atoms with Crippen LogP contribution in [0.15, 0.2) is 0 Å². The second-order valence-corrected chi connectivity index (χ2v) is 6.66. The Kier molecular flexibility index (Phi) is 4.85. The molecule has 0 saturated carbocycles. The van der Waals surface area contributed by atoms with E-state index in [-0.39, 0.29) is 11.5 Å². The van der Waals surface area contributed by atoms with Gasteiger partial charge in [0.05, 0.1) is 11.6 Å². The average molecular weight is 282 g/mol. The predicted octanol–water partition coefficient (Wildman–Crippen LogP) is -0.614. The summed E-state index contributed by atoms with van der Waals surface area (Å²) < 4.78 is 36.6. The van der Waals surface area contributed by atoms with Crippen molar-refractivity contribution in [1.29, 1.82) is 0 Å². The van der Waals surface area contributed by atoms with Crippen molar-refractivity contribution < 1.29 is 17.9 Å². The van der Waals surface area contributed by atoms with Crippen LogP contribution in [-0.4, -0.2) is 51.1 Å². The van der Waals surface area contributed by atoms with Gasteiger partial charge in [0.25, 0.3) is 0 Å². The molecule has 6 nitrogen and oxygen atoms in total. The molecule has 2 unspecified atom stereocenters. The van der Waals surface area contributed by atoms with Gasteiger partial charge in [0, 0.05) is 26.7 Å². The number of hydrogen-bond donors (Lipinski definition) is 2. The van der Waals surface area contributed by atoms with Crippen molar-refractivity contribution in [2.24, 2.45) is 5.73 Å². The van der Waals surface area contributed by atoms with E-state index < -0.39 is 20.9 Å². The number of thiocarbonyl (C=S) groups is 1. The van der Waals surface area contributed by atoms with Crippen LogP contribution in [-0.2, 0) is 19.5 Å². The van der Waals surface area contributed by atoms with Gasteiger partial charge in [-0.15, -0.1) is 0 Å². The Balaban J connectivity index is 2.63. The van der Waals surface area contributed by atoms with Gasteiger partial charge in [0.1, 0.15) is 10.9 Å². The van der Waals surface area contributed by atoms with Crippen molar-refractivity contribution in [2.45, 2.75) is 24.2 Å². The fraction of sp³-hybridized carbons (Fsp3) is 0.889. The second-order valence-electron chi connectivity index (χ2n) is 4.10. The zero-order chi connectivity index (χ0) is 13.1. The summed E-state index contributed by atoms with van der Waals surface area (Å²) in [5, 5.41) is -0.895. The molecule has 0 aliphatic carbocycles. The number of nitrogens with two attached hydrogens (primary N) is 1. The molecule has 2 atom stereocenters. The molecule has 0 aromatic carbocycles. The normalized spacial score (nSPS) is 26.9. The molecule has 3 N–H and O–H groups in total. The molecular weight excluding hydrogens is 264 g/mol. The summed E-state index contributed by atoms with van der Waals surface area (Å²) in [5.41, 5.74) is 4.75. The Hall–Kier alpha value is -0.280. The van der Waals surface area contributed by atoms with Crippen molar-refractivity contribution in [1.82, 2.24) is 4.72 Å². The lowest BCUT2D eigenvalue weighted by atomic mass is 10.0. The average Bonchev–Trinajstić information content (AvgIpc) is 2.75. The molecule has 1 rings (SSSR count). The number of hydrogen-bond acceptors (Lipinski definition) is 5. The molecule has 0 amide bonds. The standard InChI is InChI=1S/C9H18N2O4S2/c1-7(8(10)16)17(12,13)11-5-9(14-2)3-4-15-6-9/h7,11H,3-6H2,1-2H3,(H2,10,16). The Morgan fingerprint density at radius 3 is 2.76 bits per heavy atom. The smallest absolute Gasteiger partial charge is 0.220 e. The fourth-order valence-electron chi connectivity index (χ4n) is 1.47. The quantitative estimate of drug-likeness (QED) is 0.631. The third-order valence-corrected chi connectivity index (χ3v) is 5.20. The SMILES string of the molecule is COC1(CNS(=O)(=O)C(C)C(N)=S)CCOC1. The van der Waals surface area contributed by atoms with Crippen molar-refractivity contribution in [3.63, 3.8) is 0 Å². The van der Waals surface area contributed by atoms with E-state index in [1.807, 2.05) is 0 Å². The van der Waals surface area contributed by atoms with E-state index in [2.05, 4.69) is 16.9 Å². The minimum atomic E-state index is -3.55. The molecule has 8 heteroatoms. The van der Waals surface area contributed by atoms with Crippen LogP contribution in [0.4, 0.5) is 0 Å². The van der Waals surface area contributed by atoms with E-state index in [9.17, 15) is 8.42 Å². The predicted molar refractivity (Wildman–Crippen MR) is 68.3 cm³/mol. The fourth-order valence-corrected chi connectivity index (χ4v) is 2.87. The van der Waals surface area contributed by atoms with Gasteiger partial charge in [-0.2, -0.15) is 0 Å². The van der Waals surface area contributed by atoms with Crippen LogP contribution < -0.4 is 10.5 Å². The highest BCUT2D eigenvalue weighted by Crippen LogP contribution is 2.21. The van der Waals surface area contributed by atoms with Gasteiger partial charge < -0.3 is 15.2 Å². The lowest BCUT2D eigenvalue weighted by Crippen LogP contribution is -2.48. The maximum atomic E-state index is 11.8. The Morgan fingerprint density at radius 1 is 1.71 bits per heavy atom. The number of sulfonamides is 1. The zero-order valence-electron chi connectivity index (χ0n) is 9.93. The summed E-state index contributed by atoms with van der Waals surface area (Å²) in [6.45, 7) is 2.57. The van der Waals surface area contributed by atoms with Crippen LogP contribution >= 0.6 is 12.2 Å². The maximum absolute atomic E-state index is 11.8. The second kappa shape index (κ2) is 5.57. The topological polar surface area (TPSA) is 90.7 Å². The summed E-state index contributed by atoms with van der Waals surface area (Å²) in [6.07, 6.45) is 0.660. The van der Waals surface area contributed by atoms with Gasteiger partial charge in [-0.25, -0.2) is 13.1 Å². The van der Waals surface area contributed by atoms with E-state index in [0.717, 1.165) is 0 Å². The largest absolute Gasteiger partial charge is 0.392 e. The van der Waals surface area contributed by atoms with Crippen molar-refractivity contribution in [2.75, 3.05) is 26.9 Å². The molecule has 0 radical (unpaired) electrons. The van der Waals surface area contributed by atoms with Crippen LogP contribution in [0, 0.1) is 0 Å². The molecule has 0 spiro atoms. The van der Waals surface area contributed by atoms with E-state index in [4.69, 9.17) is 15.2 Å². The molecule has 100 valence electrons.